The van der Waals surface area contributed by atoms with Gasteiger partial charge in [0.25, 0.3) is 0 Å². The third-order valence-corrected chi connectivity index (χ3v) is 4.81. The summed E-state index contributed by atoms with van der Waals surface area (Å²) >= 11 is 0. The average molecular weight is 403 g/mol. The van der Waals surface area contributed by atoms with Gasteiger partial charge < -0.3 is 13.9 Å². The van der Waals surface area contributed by atoms with Crippen LogP contribution >= 0.6 is 0 Å². The highest BCUT2D eigenvalue weighted by atomic mass is 16.5. The lowest BCUT2D eigenvalue weighted by Gasteiger charge is -2.26. The minimum atomic E-state index is -0.597. The molecule has 0 amide bonds. The van der Waals surface area contributed by atoms with Gasteiger partial charge in [-0.15, -0.1) is 5.10 Å². The van der Waals surface area contributed by atoms with E-state index in [4.69, 9.17) is 13.9 Å². The molecule has 5 heterocycles. The molecule has 5 rings (SSSR count). The molecular weight excluding hydrogens is 386 g/mol. The van der Waals surface area contributed by atoms with E-state index in [1.54, 1.807) is 43.0 Å². The first kappa shape index (κ1) is 18.0. The Bertz CT molecular complexity index is 1260. The Morgan fingerprint density at radius 1 is 1.23 bits per heavy atom. The normalized spacial score (nSPS) is 15.7. The molecule has 0 N–H and O–H groups in total. The number of ether oxygens (including phenoxy) is 2. The summed E-state index contributed by atoms with van der Waals surface area (Å²) in [6.45, 7) is 3.70. The van der Waals surface area contributed by atoms with Gasteiger partial charge in [0.1, 0.15) is 23.5 Å². The van der Waals surface area contributed by atoms with Crippen LogP contribution in [0.25, 0.3) is 17.2 Å². The van der Waals surface area contributed by atoms with E-state index < -0.39 is 11.9 Å². The molecule has 0 fully saturated rings. The van der Waals surface area contributed by atoms with Crippen molar-refractivity contribution in [1.82, 2.24) is 24.6 Å². The van der Waals surface area contributed by atoms with Crippen LogP contribution in [0, 0.1) is 0 Å². The van der Waals surface area contributed by atoms with Crippen molar-refractivity contribution in [2.75, 3.05) is 6.61 Å². The number of furan rings is 1. The molecule has 0 radical (unpaired) electrons. The number of hydrogen-bond acceptors (Lipinski definition) is 8. The van der Waals surface area contributed by atoms with Crippen molar-refractivity contribution >= 4 is 11.6 Å². The first-order chi connectivity index (χ1) is 14.7. The molecule has 0 spiro atoms. The number of rotatable bonds is 4. The third kappa shape index (κ3) is 2.83. The Morgan fingerprint density at radius 2 is 2.13 bits per heavy atom. The lowest BCUT2D eigenvalue weighted by atomic mass is 9.87. The molecule has 150 valence electrons. The van der Waals surface area contributed by atoms with Crippen LogP contribution < -0.4 is 4.74 Å². The summed E-state index contributed by atoms with van der Waals surface area (Å²) in [5.74, 6) is 0.665. The smallest absolute Gasteiger partial charge is 0.338 e. The largest absolute Gasteiger partial charge is 0.468 e. The standard InChI is InChI=1S/C21H17N5O4/c1-3-28-21(27)15-12(2)30-20-17(16(15)14-8-6-10-29-14)19-24-18(25-26(19)11-23-20)13-7-4-5-9-22-13/h4-11,16H,3H2,1-2H3/t16-/m1/s1. The van der Waals surface area contributed by atoms with E-state index in [9.17, 15) is 4.79 Å². The van der Waals surface area contributed by atoms with E-state index in [0.29, 0.717) is 45.7 Å². The molecule has 1 atom stereocenters. The van der Waals surface area contributed by atoms with Gasteiger partial charge in [-0.05, 0) is 38.1 Å². The van der Waals surface area contributed by atoms with Crippen molar-refractivity contribution in [2.24, 2.45) is 0 Å². The number of hydrogen-bond donors (Lipinski definition) is 0. The SMILES string of the molecule is CCOC(=O)C1=C(C)Oc2ncn3nc(-c4ccccn4)nc3c2[C@@H]1c1ccco1. The number of pyridine rings is 1. The zero-order valence-corrected chi connectivity index (χ0v) is 16.3. The van der Waals surface area contributed by atoms with E-state index in [0.717, 1.165) is 0 Å². The lowest BCUT2D eigenvalue weighted by molar-refractivity contribution is -0.139. The molecule has 30 heavy (non-hydrogen) atoms. The summed E-state index contributed by atoms with van der Waals surface area (Å²) in [6, 6.07) is 9.07. The highest BCUT2D eigenvalue weighted by molar-refractivity contribution is 5.93. The molecule has 0 unspecified atom stereocenters. The second-order valence-corrected chi connectivity index (χ2v) is 6.62. The van der Waals surface area contributed by atoms with Crippen molar-refractivity contribution in [3.05, 3.63) is 71.8 Å². The number of carbonyl (C=O) groups excluding carboxylic acids is 1. The molecule has 1 aliphatic heterocycles. The van der Waals surface area contributed by atoms with Gasteiger partial charge in [0.05, 0.1) is 29.9 Å². The zero-order chi connectivity index (χ0) is 20.7. The number of fused-ring (bicyclic) bond motifs is 3. The number of esters is 1. The first-order valence-electron chi connectivity index (χ1n) is 9.43. The van der Waals surface area contributed by atoms with Crippen molar-refractivity contribution in [3.8, 4) is 17.4 Å². The van der Waals surface area contributed by atoms with E-state index in [2.05, 4.69) is 20.1 Å². The van der Waals surface area contributed by atoms with Gasteiger partial charge in [-0.2, -0.15) is 0 Å². The Hall–Kier alpha value is -4.01. The predicted octanol–water partition coefficient (Wildman–Crippen LogP) is 3.14. The van der Waals surface area contributed by atoms with Crippen LogP contribution in [0.5, 0.6) is 5.88 Å². The summed E-state index contributed by atoms with van der Waals surface area (Å²) in [4.78, 5) is 26.2. The number of nitrogens with zero attached hydrogens (tertiary/aromatic N) is 5. The molecular formula is C21H17N5O4. The molecule has 0 saturated heterocycles. The topological polar surface area (TPSA) is 105 Å². The monoisotopic (exact) mass is 403 g/mol. The molecule has 9 nitrogen and oxygen atoms in total. The van der Waals surface area contributed by atoms with E-state index >= 15 is 0 Å². The molecule has 4 aromatic rings. The average Bonchev–Trinajstić information content (AvgIpc) is 3.43. The van der Waals surface area contributed by atoms with Gasteiger partial charge in [-0.25, -0.2) is 19.3 Å². The predicted molar refractivity (Wildman–Crippen MR) is 105 cm³/mol. The van der Waals surface area contributed by atoms with E-state index in [1.807, 2.05) is 18.2 Å². The van der Waals surface area contributed by atoms with Crippen LogP contribution in [0.4, 0.5) is 0 Å². The van der Waals surface area contributed by atoms with Crippen molar-refractivity contribution in [2.45, 2.75) is 19.8 Å². The quantitative estimate of drug-likeness (QED) is 0.479. The highest BCUT2D eigenvalue weighted by Gasteiger charge is 2.39. The maximum Gasteiger partial charge on any atom is 0.338 e. The molecule has 4 aromatic heterocycles. The highest BCUT2D eigenvalue weighted by Crippen LogP contribution is 2.44. The van der Waals surface area contributed by atoms with Gasteiger partial charge in [0, 0.05) is 6.20 Å². The van der Waals surface area contributed by atoms with Gasteiger partial charge in [-0.1, -0.05) is 6.07 Å². The zero-order valence-electron chi connectivity index (χ0n) is 16.3. The summed E-state index contributed by atoms with van der Waals surface area (Å²) in [5, 5.41) is 4.49. The molecule has 0 bridgehead atoms. The fourth-order valence-corrected chi connectivity index (χ4v) is 3.56. The molecule has 0 aliphatic carbocycles. The minimum absolute atomic E-state index is 0.241. The second-order valence-electron chi connectivity index (χ2n) is 6.62. The number of aromatic nitrogens is 5. The summed E-state index contributed by atoms with van der Waals surface area (Å²) in [6.07, 6.45) is 4.75. The minimum Gasteiger partial charge on any atom is -0.468 e. The molecule has 1 aliphatic rings. The lowest BCUT2D eigenvalue weighted by Crippen LogP contribution is -2.24. The van der Waals surface area contributed by atoms with E-state index in [1.165, 1.54) is 6.33 Å². The van der Waals surface area contributed by atoms with Gasteiger partial charge in [0.2, 0.25) is 11.7 Å². The van der Waals surface area contributed by atoms with Gasteiger partial charge in [0.15, 0.2) is 5.65 Å². The Labute approximate surface area is 171 Å². The Balaban J connectivity index is 1.75. The summed E-state index contributed by atoms with van der Waals surface area (Å²) < 4.78 is 18.4. The Kier molecular flexibility index (Phi) is 4.27. The van der Waals surface area contributed by atoms with Crippen molar-refractivity contribution < 1.29 is 18.7 Å². The fraction of sp³-hybridized carbons (Fsp3) is 0.190. The first-order valence-corrected chi connectivity index (χ1v) is 9.43. The van der Waals surface area contributed by atoms with Crippen LogP contribution in [0.3, 0.4) is 0 Å². The number of carbonyl (C=O) groups is 1. The van der Waals surface area contributed by atoms with Crippen LogP contribution in [0.15, 0.2) is 64.9 Å². The number of allylic oxidation sites excluding steroid dienone is 1. The molecule has 0 saturated carbocycles. The molecule has 9 heteroatoms. The van der Waals surface area contributed by atoms with Gasteiger partial charge in [-0.3, -0.25) is 4.98 Å². The maximum atomic E-state index is 12.8. The van der Waals surface area contributed by atoms with Crippen molar-refractivity contribution in [3.63, 3.8) is 0 Å². The van der Waals surface area contributed by atoms with E-state index in [-0.39, 0.29) is 6.61 Å². The van der Waals surface area contributed by atoms with Crippen LogP contribution in [-0.4, -0.2) is 37.1 Å². The van der Waals surface area contributed by atoms with Gasteiger partial charge >= 0.3 is 5.97 Å². The van der Waals surface area contributed by atoms with Crippen molar-refractivity contribution in [1.29, 1.82) is 0 Å². The van der Waals surface area contributed by atoms with Crippen LogP contribution in [-0.2, 0) is 9.53 Å². The van der Waals surface area contributed by atoms with Crippen LogP contribution in [0.1, 0.15) is 31.1 Å². The fourth-order valence-electron chi connectivity index (χ4n) is 3.56. The second kappa shape index (κ2) is 7.11. The summed E-state index contributed by atoms with van der Waals surface area (Å²) in [5.41, 5.74) is 2.04. The van der Waals surface area contributed by atoms with Crippen LogP contribution in [0.2, 0.25) is 0 Å². The Morgan fingerprint density at radius 3 is 2.87 bits per heavy atom. The maximum absolute atomic E-state index is 12.8. The third-order valence-electron chi connectivity index (χ3n) is 4.81. The molecule has 0 aromatic carbocycles. The summed E-state index contributed by atoms with van der Waals surface area (Å²) in [7, 11) is 0.